The number of carbonyl (C=O) groups excluding carboxylic acids is 4. The highest BCUT2D eigenvalue weighted by Gasteiger charge is 2.39. The number of rotatable bonds is 9. The molecule has 2 aliphatic rings. The van der Waals surface area contributed by atoms with Crippen LogP contribution in [0.25, 0.3) is 53.8 Å². The predicted molar refractivity (Wildman–Crippen MR) is 214 cm³/mol. The normalized spacial score (nSPS) is 18.5. The minimum atomic E-state index is -0.713. The number of thiazole rings is 1. The summed E-state index contributed by atoms with van der Waals surface area (Å²) >= 11 is 1.56. The fourth-order valence-corrected chi connectivity index (χ4v) is 9.19. The molecule has 2 aliphatic heterocycles. The maximum Gasteiger partial charge on any atom is 0.407 e. The third kappa shape index (κ3) is 6.69. The summed E-state index contributed by atoms with van der Waals surface area (Å²) in [6, 6.07) is 8.20. The van der Waals surface area contributed by atoms with E-state index >= 15 is 0 Å². The molecule has 4 N–H and O–H groups in total. The van der Waals surface area contributed by atoms with Crippen LogP contribution in [0.3, 0.4) is 0 Å². The molecule has 2 saturated heterocycles. The van der Waals surface area contributed by atoms with Gasteiger partial charge < -0.3 is 35.1 Å². The average Bonchev–Trinajstić information content (AvgIpc) is 4.02. The number of hydrogen-bond donors (Lipinski definition) is 4. The van der Waals surface area contributed by atoms with Crippen LogP contribution in [0, 0.1) is 11.8 Å². The molecule has 2 aromatic carbocycles. The summed E-state index contributed by atoms with van der Waals surface area (Å²) in [5, 5.41) is 7.28. The van der Waals surface area contributed by atoms with E-state index in [9.17, 15) is 19.2 Å². The first-order valence-electron chi connectivity index (χ1n) is 19.2. The Morgan fingerprint density at radius 3 is 1.98 bits per heavy atom. The van der Waals surface area contributed by atoms with Gasteiger partial charge in [0.1, 0.15) is 28.7 Å². The molecular formula is C40H46N10O5S. The zero-order chi connectivity index (χ0) is 39.4. The Kier molecular flexibility index (Phi) is 9.85. The van der Waals surface area contributed by atoms with Gasteiger partial charge in [0.2, 0.25) is 17.7 Å². The van der Waals surface area contributed by atoms with E-state index in [0.717, 1.165) is 85.3 Å². The molecule has 8 rings (SSSR count). The van der Waals surface area contributed by atoms with E-state index in [-0.39, 0.29) is 41.6 Å². The Labute approximate surface area is 327 Å². The van der Waals surface area contributed by atoms with Crippen molar-refractivity contribution in [1.29, 1.82) is 0 Å². The van der Waals surface area contributed by atoms with Crippen LogP contribution < -0.4 is 10.6 Å². The molecule has 0 spiro atoms. The lowest BCUT2D eigenvalue weighted by Gasteiger charge is -2.30. The van der Waals surface area contributed by atoms with Gasteiger partial charge in [0.05, 0.1) is 57.0 Å². The van der Waals surface area contributed by atoms with Gasteiger partial charge in [-0.25, -0.2) is 19.7 Å². The second-order valence-electron chi connectivity index (χ2n) is 15.5. The van der Waals surface area contributed by atoms with Crippen LogP contribution in [0.5, 0.6) is 0 Å². The molecule has 292 valence electrons. The molecular weight excluding hydrogens is 733 g/mol. The summed E-state index contributed by atoms with van der Waals surface area (Å²) in [5.41, 5.74) is 5.72. The van der Waals surface area contributed by atoms with Gasteiger partial charge >= 0.3 is 6.09 Å². The number of nitrogens with zero attached hydrogens (tertiary/aromatic N) is 6. The number of fused-ring (bicyclic) bond motifs is 6. The van der Waals surface area contributed by atoms with Gasteiger partial charge in [-0.1, -0.05) is 33.8 Å². The number of methoxy groups -OCH3 is 1. The van der Waals surface area contributed by atoms with E-state index in [2.05, 4.69) is 26.7 Å². The topological polar surface area (TPSA) is 191 Å². The quantitative estimate of drug-likeness (QED) is 0.134. The highest BCUT2D eigenvalue weighted by Crippen LogP contribution is 2.39. The van der Waals surface area contributed by atoms with Crippen molar-refractivity contribution in [3.8, 4) is 10.6 Å². The number of H-pyrrole nitrogens is 2. The van der Waals surface area contributed by atoms with Crippen molar-refractivity contribution in [2.75, 3.05) is 20.2 Å². The smallest absolute Gasteiger partial charge is 0.407 e. The standard InChI is InChI=1S/C40H46N10O5S/c1-19(2)29(42-21(5)51)38(52)49-15-8-10-28(49)36-44-25-13-14-26-34(33(25)47-36)56-37(45-26)23-17-22-11-12-24-32(31(22)41-18-23)46-35(43-24)27-9-7-16-50(27)39(53)30(20(3)4)48-40(54)55-6/h11-14,17-20,27-30H,7-10,15-16H2,1-6H3,(H,42,51)(H,43,46)(H,44,47)(H,48,54)/t27-,28-,29-,30-/m0/s1. The summed E-state index contributed by atoms with van der Waals surface area (Å²) in [7, 11) is 1.29. The minimum Gasteiger partial charge on any atom is -0.453 e. The van der Waals surface area contributed by atoms with Gasteiger partial charge in [0.25, 0.3) is 0 Å². The average molecular weight is 779 g/mol. The molecule has 0 unspecified atom stereocenters. The Morgan fingerprint density at radius 2 is 1.38 bits per heavy atom. The van der Waals surface area contributed by atoms with Crippen LogP contribution in [-0.4, -0.2) is 95.8 Å². The van der Waals surface area contributed by atoms with Crippen molar-refractivity contribution in [2.24, 2.45) is 11.8 Å². The monoisotopic (exact) mass is 778 g/mol. The number of pyridine rings is 1. The lowest BCUT2D eigenvalue weighted by Crippen LogP contribution is -2.51. The number of aromatic nitrogens is 6. The summed E-state index contributed by atoms with van der Waals surface area (Å²) in [5.74, 6) is 0.783. The van der Waals surface area contributed by atoms with Crippen molar-refractivity contribution in [3.05, 3.63) is 48.2 Å². The van der Waals surface area contributed by atoms with Gasteiger partial charge in [-0.15, -0.1) is 11.3 Å². The molecule has 4 atom stereocenters. The number of hydrogen-bond acceptors (Lipinski definition) is 10. The van der Waals surface area contributed by atoms with Crippen LogP contribution in [-0.2, 0) is 19.1 Å². The minimum absolute atomic E-state index is 0.0480. The largest absolute Gasteiger partial charge is 0.453 e. The molecule has 0 aliphatic carbocycles. The molecule has 4 aromatic heterocycles. The van der Waals surface area contributed by atoms with Gasteiger partial charge in [-0.2, -0.15) is 0 Å². The Bertz CT molecular complexity index is 2500. The number of imidazole rings is 2. The Hall–Kier alpha value is -5.64. The fourth-order valence-electron chi connectivity index (χ4n) is 8.15. The zero-order valence-electron chi connectivity index (χ0n) is 32.3. The van der Waals surface area contributed by atoms with Crippen LogP contribution in [0.2, 0.25) is 0 Å². The number of amides is 4. The van der Waals surface area contributed by atoms with Crippen molar-refractivity contribution >= 4 is 78.3 Å². The number of nitrogens with one attached hydrogen (secondary N) is 4. The van der Waals surface area contributed by atoms with Crippen molar-refractivity contribution < 1.29 is 23.9 Å². The third-order valence-corrected chi connectivity index (χ3v) is 12.1. The first-order valence-corrected chi connectivity index (χ1v) is 20.0. The fraction of sp³-hybridized carbons (Fsp3) is 0.450. The van der Waals surface area contributed by atoms with E-state index < -0.39 is 18.2 Å². The SMILES string of the molecule is COC(=O)N[C@H](C(=O)N1CCC[C@H]1c1nc2ccc3cc(-c4nc5ccc6nc([C@@H]7CCCN7C(=O)[C@@H](NC(C)=O)C(C)C)[nH]c6c5s4)cnc3c2[nH]1)C(C)C. The number of ether oxygens (including phenoxy) is 1. The highest BCUT2D eigenvalue weighted by molar-refractivity contribution is 7.22. The number of alkyl carbamates (subject to hydrolysis) is 1. The summed E-state index contributed by atoms with van der Waals surface area (Å²) in [4.78, 5) is 81.7. The van der Waals surface area contributed by atoms with E-state index in [1.807, 2.05) is 63.1 Å². The molecule has 2 fully saturated rings. The van der Waals surface area contributed by atoms with E-state index in [1.165, 1.54) is 14.0 Å². The molecule has 0 radical (unpaired) electrons. The van der Waals surface area contributed by atoms with Crippen LogP contribution in [0.4, 0.5) is 4.79 Å². The van der Waals surface area contributed by atoms with Crippen molar-refractivity contribution in [2.45, 2.75) is 84.5 Å². The van der Waals surface area contributed by atoms with Gasteiger partial charge in [0.15, 0.2) is 0 Å². The molecule has 0 bridgehead atoms. The van der Waals surface area contributed by atoms with Crippen LogP contribution in [0.1, 0.15) is 84.0 Å². The van der Waals surface area contributed by atoms with E-state index in [0.29, 0.717) is 18.9 Å². The summed E-state index contributed by atoms with van der Waals surface area (Å²) in [6.45, 7) is 10.3. The Morgan fingerprint density at radius 1 is 0.804 bits per heavy atom. The van der Waals surface area contributed by atoms with Gasteiger partial charge in [0, 0.05) is 37.2 Å². The molecule has 16 heteroatoms. The number of carbonyl (C=O) groups is 4. The lowest BCUT2D eigenvalue weighted by molar-refractivity contribution is -0.138. The number of benzene rings is 2. The molecule has 15 nitrogen and oxygen atoms in total. The lowest BCUT2D eigenvalue weighted by atomic mass is 10.0. The molecule has 0 saturated carbocycles. The van der Waals surface area contributed by atoms with Gasteiger partial charge in [-0.05, 0) is 61.8 Å². The second-order valence-corrected chi connectivity index (χ2v) is 16.5. The first-order chi connectivity index (χ1) is 26.9. The number of aromatic amines is 2. The summed E-state index contributed by atoms with van der Waals surface area (Å²) < 4.78 is 5.75. The zero-order valence-corrected chi connectivity index (χ0v) is 33.1. The maximum atomic E-state index is 13.7. The third-order valence-electron chi connectivity index (χ3n) is 11.0. The Balaban J connectivity index is 1.07. The van der Waals surface area contributed by atoms with Crippen molar-refractivity contribution in [3.63, 3.8) is 0 Å². The van der Waals surface area contributed by atoms with Gasteiger partial charge in [-0.3, -0.25) is 19.4 Å². The summed E-state index contributed by atoms with van der Waals surface area (Å²) in [6.07, 6.45) is 4.41. The molecule has 56 heavy (non-hydrogen) atoms. The first kappa shape index (κ1) is 37.3. The second kappa shape index (κ2) is 14.8. The van der Waals surface area contributed by atoms with E-state index in [4.69, 9.17) is 24.7 Å². The van der Waals surface area contributed by atoms with Crippen LogP contribution >= 0.6 is 11.3 Å². The molecule has 4 amide bonds. The predicted octanol–water partition coefficient (Wildman–Crippen LogP) is 6.13. The molecule has 6 aromatic rings. The van der Waals surface area contributed by atoms with Crippen molar-refractivity contribution in [1.82, 2.24) is 50.3 Å². The van der Waals surface area contributed by atoms with Crippen LogP contribution in [0.15, 0.2) is 36.5 Å². The highest BCUT2D eigenvalue weighted by atomic mass is 32.1. The number of likely N-dealkylation sites (tertiary alicyclic amines) is 2. The maximum absolute atomic E-state index is 13.7. The molecule has 6 heterocycles. The van der Waals surface area contributed by atoms with E-state index in [1.54, 1.807) is 16.2 Å².